The van der Waals surface area contributed by atoms with Crippen LogP contribution in [0.25, 0.3) is 10.2 Å². The van der Waals surface area contributed by atoms with Gasteiger partial charge in [0.15, 0.2) is 20.8 Å². The van der Waals surface area contributed by atoms with Crippen LogP contribution < -0.4 is 4.90 Å². The van der Waals surface area contributed by atoms with Gasteiger partial charge in [-0.25, -0.2) is 13.4 Å². The quantitative estimate of drug-likeness (QED) is 0.397. The minimum atomic E-state index is -3.36. The number of nitrogens with zero attached hydrogens (tertiary/aromatic N) is 3. The maximum atomic E-state index is 13.4. The molecule has 0 aliphatic heterocycles. The molecule has 4 rings (SSSR count). The molecule has 32 heavy (non-hydrogen) atoms. The van der Waals surface area contributed by atoms with Crippen molar-refractivity contribution in [1.29, 1.82) is 0 Å². The second kappa shape index (κ2) is 8.60. The summed E-state index contributed by atoms with van der Waals surface area (Å²) in [5.41, 5.74) is 2.36. The fourth-order valence-electron chi connectivity index (χ4n) is 3.14. The lowest BCUT2D eigenvalue weighted by Gasteiger charge is -2.20. The maximum Gasteiger partial charge on any atom is 0.260 e. The number of ketones is 1. The van der Waals surface area contributed by atoms with Gasteiger partial charge in [-0.2, -0.15) is 0 Å². The van der Waals surface area contributed by atoms with Gasteiger partial charge in [0, 0.05) is 29.8 Å². The Morgan fingerprint density at radius 1 is 1.03 bits per heavy atom. The number of benzene rings is 2. The summed E-state index contributed by atoms with van der Waals surface area (Å²) in [5, 5.41) is 0.440. The van der Waals surface area contributed by atoms with Gasteiger partial charge in [-0.3, -0.25) is 19.5 Å². The van der Waals surface area contributed by atoms with Crippen LogP contribution in [0.15, 0.2) is 71.9 Å². The Balaban J connectivity index is 1.76. The monoisotopic (exact) mass is 465 g/mol. The summed E-state index contributed by atoms with van der Waals surface area (Å²) in [4.78, 5) is 35.4. The van der Waals surface area contributed by atoms with Crippen LogP contribution in [-0.2, 0) is 16.4 Å². The Hall–Kier alpha value is -3.43. The standard InChI is InChI=1S/C23H19N3O4S2/c1-15(27)17-5-7-18(8-6-17)22(28)26(14-16-4-3-11-24-13-16)23-25-20-10-9-19(32(2,29)30)12-21(20)31-23/h3-13H,14H2,1-2H3. The van der Waals surface area contributed by atoms with Crippen molar-refractivity contribution in [3.8, 4) is 0 Å². The summed E-state index contributed by atoms with van der Waals surface area (Å²) < 4.78 is 24.5. The van der Waals surface area contributed by atoms with Crippen LogP contribution in [0.1, 0.15) is 33.2 Å². The number of Topliss-reactive ketones (excluding diaryl/α,β-unsaturated/α-hetero) is 1. The number of sulfone groups is 1. The minimum absolute atomic E-state index is 0.0796. The van der Waals surface area contributed by atoms with Crippen LogP contribution in [0.4, 0.5) is 5.13 Å². The average molecular weight is 466 g/mol. The SMILES string of the molecule is CC(=O)c1ccc(C(=O)N(Cc2cccnc2)c2nc3ccc(S(C)(=O)=O)cc3s2)cc1. The third kappa shape index (κ3) is 4.58. The Morgan fingerprint density at radius 2 is 1.75 bits per heavy atom. The predicted octanol–water partition coefficient (Wildman–Crippen LogP) is 4.14. The highest BCUT2D eigenvalue weighted by atomic mass is 32.2. The number of hydrogen-bond acceptors (Lipinski definition) is 7. The number of thiazole rings is 1. The van der Waals surface area contributed by atoms with Crippen molar-refractivity contribution >= 4 is 48.2 Å². The van der Waals surface area contributed by atoms with Crippen molar-refractivity contribution in [3.63, 3.8) is 0 Å². The molecule has 2 aromatic carbocycles. The maximum absolute atomic E-state index is 13.4. The van der Waals surface area contributed by atoms with Gasteiger partial charge in [-0.1, -0.05) is 29.5 Å². The summed E-state index contributed by atoms with van der Waals surface area (Å²) in [6.07, 6.45) is 4.48. The molecule has 0 aliphatic carbocycles. The molecule has 0 fully saturated rings. The number of hydrogen-bond donors (Lipinski definition) is 0. The van der Waals surface area contributed by atoms with Crippen LogP contribution in [-0.4, -0.2) is 36.3 Å². The third-order valence-corrected chi connectivity index (χ3v) is 7.01. The molecule has 0 spiro atoms. The van der Waals surface area contributed by atoms with Gasteiger partial charge in [-0.05, 0) is 48.9 Å². The number of anilines is 1. The van der Waals surface area contributed by atoms with E-state index in [0.29, 0.717) is 26.5 Å². The topological polar surface area (TPSA) is 97.3 Å². The first-order valence-electron chi connectivity index (χ1n) is 9.65. The number of pyridine rings is 1. The molecule has 0 aliphatic rings. The first kappa shape index (κ1) is 21.8. The summed E-state index contributed by atoms with van der Waals surface area (Å²) >= 11 is 1.24. The zero-order chi connectivity index (χ0) is 22.9. The number of aromatic nitrogens is 2. The van der Waals surface area contributed by atoms with Gasteiger partial charge in [0.05, 0.1) is 21.7 Å². The molecule has 2 aromatic heterocycles. The third-order valence-electron chi connectivity index (χ3n) is 4.85. The summed E-state index contributed by atoms with van der Waals surface area (Å²) in [7, 11) is -3.36. The Labute approximate surface area is 189 Å². The highest BCUT2D eigenvalue weighted by molar-refractivity contribution is 7.90. The molecule has 0 N–H and O–H groups in total. The van der Waals surface area contributed by atoms with Crippen molar-refractivity contribution in [3.05, 3.63) is 83.7 Å². The van der Waals surface area contributed by atoms with Crippen LogP contribution in [0.3, 0.4) is 0 Å². The lowest BCUT2D eigenvalue weighted by atomic mass is 10.1. The molecule has 9 heteroatoms. The van der Waals surface area contributed by atoms with Gasteiger partial charge < -0.3 is 0 Å². The van der Waals surface area contributed by atoms with E-state index >= 15 is 0 Å². The fraction of sp³-hybridized carbons (Fsp3) is 0.130. The second-order valence-corrected chi connectivity index (χ2v) is 10.3. The molecule has 4 aromatic rings. The van der Waals surface area contributed by atoms with Crippen LogP contribution in [0, 0.1) is 0 Å². The van der Waals surface area contributed by atoms with Crippen molar-refractivity contribution in [2.24, 2.45) is 0 Å². The second-order valence-electron chi connectivity index (χ2n) is 7.28. The van der Waals surface area contributed by atoms with Gasteiger partial charge in [0.2, 0.25) is 0 Å². The number of rotatable bonds is 6. The van der Waals surface area contributed by atoms with Gasteiger partial charge >= 0.3 is 0 Å². The highest BCUT2D eigenvalue weighted by Gasteiger charge is 2.22. The van der Waals surface area contributed by atoms with Gasteiger partial charge in [0.1, 0.15) is 0 Å². The van der Waals surface area contributed by atoms with E-state index in [1.807, 2.05) is 6.07 Å². The molecule has 2 heterocycles. The molecule has 162 valence electrons. The van der Waals surface area contributed by atoms with Crippen LogP contribution in [0.2, 0.25) is 0 Å². The molecule has 0 bridgehead atoms. The van der Waals surface area contributed by atoms with Crippen LogP contribution >= 0.6 is 11.3 Å². The largest absolute Gasteiger partial charge is 0.295 e. The van der Waals surface area contributed by atoms with E-state index in [0.717, 1.165) is 11.8 Å². The number of carbonyl (C=O) groups excluding carboxylic acids is 2. The smallest absolute Gasteiger partial charge is 0.260 e. The zero-order valence-electron chi connectivity index (χ0n) is 17.3. The Morgan fingerprint density at radius 3 is 2.38 bits per heavy atom. The minimum Gasteiger partial charge on any atom is -0.295 e. The van der Waals surface area contributed by atoms with E-state index in [1.54, 1.807) is 54.9 Å². The first-order valence-corrected chi connectivity index (χ1v) is 12.4. The molecule has 0 atom stereocenters. The molecular formula is C23H19N3O4S2. The van der Waals surface area contributed by atoms with Crippen molar-refractivity contribution < 1.29 is 18.0 Å². The lowest BCUT2D eigenvalue weighted by molar-refractivity contribution is 0.0981. The summed E-state index contributed by atoms with van der Waals surface area (Å²) in [6, 6.07) is 14.8. The number of fused-ring (bicyclic) bond motifs is 1. The molecule has 1 amide bonds. The fourth-order valence-corrected chi connectivity index (χ4v) is 4.87. The molecule has 7 nitrogen and oxygen atoms in total. The zero-order valence-corrected chi connectivity index (χ0v) is 19.0. The van der Waals surface area contributed by atoms with E-state index in [-0.39, 0.29) is 23.1 Å². The highest BCUT2D eigenvalue weighted by Crippen LogP contribution is 2.32. The van der Waals surface area contributed by atoms with E-state index in [2.05, 4.69) is 9.97 Å². The normalized spacial score (nSPS) is 11.4. The Bertz CT molecular complexity index is 1410. The van der Waals surface area contributed by atoms with E-state index in [1.165, 1.54) is 29.2 Å². The first-order chi connectivity index (χ1) is 15.2. The molecule has 0 radical (unpaired) electrons. The molecule has 0 unspecified atom stereocenters. The van der Waals surface area contributed by atoms with Crippen molar-refractivity contribution in [2.75, 3.05) is 11.2 Å². The van der Waals surface area contributed by atoms with Crippen molar-refractivity contribution in [2.45, 2.75) is 18.4 Å². The number of carbonyl (C=O) groups is 2. The van der Waals surface area contributed by atoms with Crippen molar-refractivity contribution in [1.82, 2.24) is 9.97 Å². The van der Waals surface area contributed by atoms with Gasteiger partial charge in [0.25, 0.3) is 5.91 Å². The lowest BCUT2D eigenvalue weighted by Crippen LogP contribution is -2.30. The predicted molar refractivity (Wildman–Crippen MR) is 124 cm³/mol. The van der Waals surface area contributed by atoms with E-state index in [4.69, 9.17) is 0 Å². The summed E-state index contributed by atoms with van der Waals surface area (Å²) in [6.45, 7) is 1.71. The average Bonchev–Trinajstić information content (AvgIpc) is 3.20. The van der Waals surface area contributed by atoms with E-state index in [9.17, 15) is 18.0 Å². The summed E-state index contributed by atoms with van der Waals surface area (Å²) in [5.74, 6) is -0.365. The molecular weight excluding hydrogens is 446 g/mol. The number of amides is 1. The van der Waals surface area contributed by atoms with Crippen LogP contribution in [0.5, 0.6) is 0 Å². The molecule has 0 saturated heterocycles. The molecule has 0 saturated carbocycles. The van der Waals surface area contributed by atoms with E-state index < -0.39 is 9.84 Å². The Kier molecular flexibility index (Phi) is 5.86. The van der Waals surface area contributed by atoms with Gasteiger partial charge in [-0.15, -0.1) is 0 Å².